The Morgan fingerprint density at radius 3 is 2.55 bits per heavy atom. The Hall–Kier alpha value is -1.22. The maximum atomic E-state index is 5.14. The third-order valence-electron chi connectivity index (χ3n) is 1.63. The third kappa shape index (κ3) is 2.91. The minimum Gasteiger partial charge on any atom is -0.120 e. The van der Waals surface area contributed by atoms with Gasteiger partial charge in [-0.15, -0.1) is 12.3 Å². The van der Waals surface area contributed by atoms with Crippen LogP contribution < -0.4 is 0 Å². The van der Waals surface area contributed by atoms with Gasteiger partial charge in [0, 0.05) is 6.42 Å². The minimum absolute atomic E-state index is 0.884. The van der Waals surface area contributed by atoms with E-state index in [1.165, 1.54) is 5.56 Å². The Morgan fingerprint density at radius 1 is 1.18 bits per heavy atom. The van der Waals surface area contributed by atoms with Crippen LogP contribution in [0, 0.1) is 12.3 Å². The van der Waals surface area contributed by atoms with Crippen LogP contribution in [0.15, 0.2) is 30.3 Å². The van der Waals surface area contributed by atoms with Crippen molar-refractivity contribution in [2.24, 2.45) is 0 Å². The van der Waals surface area contributed by atoms with Crippen LogP contribution in [0.3, 0.4) is 0 Å². The van der Waals surface area contributed by atoms with Crippen LogP contribution in [0.5, 0.6) is 0 Å². The Labute approximate surface area is 68.3 Å². The van der Waals surface area contributed by atoms with Gasteiger partial charge in [0.25, 0.3) is 0 Å². The molecule has 1 rings (SSSR count). The zero-order chi connectivity index (χ0) is 7.94. The molecule has 0 heteroatoms. The first-order chi connectivity index (χ1) is 5.43. The molecular formula is C11H12. The van der Waals surface area contributed by atoms with Gasteiger partial charge in [0.2, 0.25) is 0 Å². The van der Waals surface area contributed by atoms with Crippen molar-refractivity contribution in [1.82, 2.24) is 0 Å². The average Bonchev–Trinajstić information content (AvgIpc) is 2.07. The van der Waals surface area contributed by atoms with Gasteiger partial charge in [-0.2, -0.15) is 0 Å². The molecule has 0 saturated heterocycles. The molecule has 1 aromatic carbocycles. The van der Waals surface area contributed by atoms with Gasteiger partial charge in [-0.1, -0.05) is 30.3 Å². The number of aryl methyl sites for hydroxylation is 1. The number of rotatable bonds is 3. The number of benzene rings is 1. The summed E-state index contributed by atoms with van der Waals surface area (Å²) in [5.74, 6) is 2.64. The molecule has 0 amide bonds. The smallest absolute Gasteiger partial charge is 0.00892 e. The van der Waals surface area contributed by atoms with Crippen LogP contribution in [0.25, 0.3) is 0 Å². The molecule has 0 aliphatic carbocycles. The Kier molecular flexibility index (Phi) is 3.28. The molecule has 0 spiro atoms. The van der Waals surface area contributed by atoms with Crippen LogP contribution in [0.4, 0.5) is 0 Å². The van der Waals surface area contributed by atoms with Crippen molar-refractivity contribution in [3.63, 3.8) is 0 Å². The normalized spacial score (nSPS) is 9.00. The zero-order valence-corrected chi connectivity index (χ0v) is 6.59. The zero-order valence-electron chi connectivity index (χ0n) is 6.59. The average molecular weight is 144 g/mol. The molecule has 1 aromatic rings. The summed E-state index contributed by atoms with van der Waals surface area (Å²) in [7, 11) is 0. The molecule has 0 unspecified atom stereocenters. The van der Waals surface area contributed by atoms with Crippen LogP contribution in [-0.2, 0) is 6.42 Å². The second-order valence-corrected chi connectivity index (χ2v) is 2.54. The highest BCUT2D eigenvalue weighted by Gasteiger charge is 1.88. The molecule has 0 N–H and O–H groups in total. The number of terminal acetylenes is 1. The standard InChI is InChI=1S/C11H12/c1-2-3-5-8-11-9-6-4-7-10-11/h1,4,6-7,9-10H,3,5,8H2. The van der Waals surface area contributed by atoms with Crippen LogP contribution in [0.1, 0.15) is 18.4 Å². The summed E-state index contributed by atoms with van der Waals surface area (Å²) in [6.45, 7) is 0. The van der Waals surface area contributed by atoms with Crippen molar-refractivity contribution in [2.45, 2.75) is 19.3 Å². The first kappa shape index (κ1) is 7.88. The lowest BCUT2D eigenvalue weighted by Crippen LogP contribution is -1.82. The van der Waals surface area contributed by atoms with E-state index in [2.05, 4.69) is 30.2 Å². The van der Waals surface area contributed by atoms with E-state index in [0.717, 1.165) is 19.3 Å². The van der Waals surface area contributed by atoms with E-state index in [0.29, 0.717) is 0 Å². The molecule has 0 bridgehead atoms. The highest BCUT2D eigenvalue weighted by Crippen LogP contribution is 2.03. The topological polar surface area (TPSA) is 0 Å². The van der Waals surface area contributed by atoms with Crippen molar-refractivity contribution in [2.75, 3.05) is 0 Å². The largest absolute Gasteiger partial charge is 0.120 e. The lowest BCUT2D eigenvalue weighted by Gasteiger charge is -1.96. The monoisotopic (exact) mass is 144 g/mol. The maximum Gasteiger partial charge on any atom is 0.00892 e. The number of hydrogen-bond donors (Lipinski definition) is 0. The lowest BCUT2D eigenvalue weighted by molar-refractivity contribution is 0.858. The molecule has 0 aromatic heterocycles. The molecule has 0 heterocycles. The Bertz CT molecular complexity index is 228. The molecule has 0 saturated carbocycles. The van der Waals surface area contributed by atoms with E-state index >= 15 is 0 Å². The molecule has 0 atom stereocenters. The van der Waals surface area contributed by atoms with Crippen molar-refractivity contribution < 1.29 is 0 Å². The SMILES string of the molecule is C#CCCCc1ccccc1. The number of unbranched alkanes of at least 4 members (excludes halogenated alkanes) is 1. The van der Waals surface area contributed by atoms with Crippen LogP contribution >= 0.6 is 0 Å². The fourth-order valence-corrected chi connectivity index (χ4v) is 1.04. The van der Waals surface area contributed by atoms with E-state index in [9.17, 15) is 0 Å². The van der Waals surface area contributed by atoms with Gasteiger partial charge in [0.1, 0.15) is 0 Å². The van der Waals surface area contributed by atoms with Gasteiger partial charge in [-0.25, -0.2) is 0 Å². The van der Waals surface area contributed by atoms with Gasteiger partial charge < -0.3 is 0 Å². The first-order valence-electron chi connectivity index (χ1n) is 3.91. The van der Waals surface area contributed by atoms with Crippen LogP contribution in [0.2, 0.25) is 0 Å². The lowest BCUT2D eigenvalue weighted by atomic mass is 10.1. The molecule has 0 aliphatic rings. The number of hydrogen-bond acceptors (Lipinski definition) is 0. The fourth-order valence-electron chi connectivity index (χ4n) is 1.04. The molecule has 56 valence electrons. The van der Waals surface area contributed by atoms with Crippen molar-refractivity contribution in [1.29, 1.82) is 0 Å². The minimum atomic E-state index is 0.884. The summed E-state index contributed by atoms with van der Waals surface area (Å²) in [6.07, 6.45) is 8.23. The van der Waals surface area contributed by atoms with Gasteiger partial charge in [-0.05, 0) is 18.4 Å². The van der Waals surface area contributed by atoms with E-state index in [-0.39, 0.29) is 0 Å². The van der Waals surface area contributed by atoms with Gasteiger partial charge in [0.15, 0.2) is 0 Å². The molecule has 0 radical (unpaired) electrons. The van der Waals surface area contributed by atoms with Crippen molar-refractivity contribution >= 4 is 0 Å². The Balaban J connectivity index is 2.35. The molecular weight excluding hydrogens is 132 g/mol. The van der Waals surface area contributed by atoms with Gasteiger partial charge >= 0.3 is 0 Å². The second-order valence-electron chi connectivity index (χ2n) is 2.54. The quantitative estimate of drug-likeness (QED) is 0.452. The fraction of sp³-hybridized carbons (Fsp3) is 0.273. The van der Waals surface area contributed by atoms with Gasteiger partial charge in [-0.3, -0.25) is 0 Å². The molecule has 0 fully saturated rings. The summed E-state index contributed by atoms with van der Waals surface area (Å²) in [5, 5.41) is 0. The van der Waals surface area contributed by atoms with E-state index < -0.39 is 0 Å². The summed E-state index contributed by atoms with van der Waals surface area (Å²) in [4.78, 5) is 0. The molecule has 0 aliphatic heterocycles. The predicted octanol–water partition coefficient (Wildman–Crippen LogP) is 2.64. The highest BCUT2D eigenvalue weighted by molar-refractivity contribution is 5.14. The van der Waals surface area contributed by atoms with Gasteiger partial charge in [0.05, 0.1) is 0 Å². The summed E-state index contributed by atoms with van der Waals surface area (Å²) < 4.78 is 0. The first-order valence-corrected chi connectivity index (χ1v) is 3.91. The second kappa shape index (κ2) is 4.57. The van der Waals surface area contributed by atoms with E-state index in [4.69, 9.17) is 6.42 Å². The molecule has 11 heavy (non-hydrogen) atoms. The van der Waals surface area contributed by atoms with E-state index in [1.54, 1.807) is 0 Å². The van der Waals surface area contributed by atoms with Crippen LogP contribution in [-0.4, -0.2) is 0 Å². The maximum absolute atomic E-state index is 5.14. The third-order valence-corrected chi connectivity index (χ3v) is 1.63. The predicted molar refractivity (Wildman–Crippen MR) is 48.2 cm³/mol. The molecule has 0 nitrogen and oxygen atoms in total. The van der Waals surface area contributed by atoms with E-state index in [1.807, 2.05) is 6.07 Å². The van der Waals surface area contributed by atoms with Crippen molar-refractivity contribution in [3.05, 3.63) is 35.9 Å². The highest BCUT2D eigenvalue weighted by atomic mass is 13.9. The summed E-state index contributed by atoms with van der Waals surface area (Å²) in [6, 6.07) is 10.4. The summed E-state index contributed by atoms with van der Waals surface area (Å²) >= 11 is 0. The summed E-state index contributed by atoms with van der Waals surface area (Å²) in [5.41, 5.74) is 1.38. The van der Waals surface area contributed by atoms with Crippen molar-refractivity contribution in [3.8, 4) is 12.3 Å². The Morgan fingerprint density at radius 2 is 1.91 bits per heavy atom.